The number of amides is 1. The predicted molar refractivity (Wildman–Crippen MR) is 79.3 cm³/mol. The molecule has 1 amide bonds. The van der Waals surface area contributed by atoms with E-state index in [1.807, 2.05) is 18.7 Å². The van der Waals surface area contributed by atoms with Crippen molar-refractivity contribution in [1.82, 2.24) is 0 Å². The zero-order valence-electron chi connectivity index (χ0n) is 13.0. The van der Waals surface area contributed by atoms with E-state index in [0.29, 0.717) is 4.48 Å². The Labute approximate surface area is 120 Å². The first-order chi connectivity index (χ1) is 9.27. The lowest BCUT2D eigenvalue weighted by molar-refractivity contribution is -0.903. The summed E-state index contributed by atoms with van der Waals surface area (Å²) in [6, 6.07) is 3.01. The number of quaternary nitrogens is 1. The highest BCUT2D eigenvalue weighted by molar-refractivity contribution is 6.00. The smallest absolute Gasteiger partial charge is 0.285 e. The van der Waals surface area contributed by atoms with Crippen LogP contribution in [0, 0.1) is 19.7 Å². The third-order valence-corrected chi connectivity index (χ3v) is 4.56. The SMILES string of the molecule is CC[N+](C)(C)C1CCN(c2c(C)cc(F)cc2C)C1=O. The van der Waals surface area contributed by atoms with Gasteiger partial charge in [-0.2, -0.15) is 0 Å². The summed E-state index contributed by atoms with van der Waals surface area (Å²) in [5.41, 5.74) is 2.55. The fraction of sp³-hybridized carbons (Fsp3) is 0.562. The van der Waals surface area contributed by atoms with Crippen LogP contribution in [0.25, 0.3) is 0 Å². The van der Waals surface area contributed by atoms with Gasteiger partial charge in [0.15, 0.2) is 6.04 Å². The minimum absolute atomic E-state index is 0.00357. The Morgan fingerprint density at radius 3 is 2.35 bits per heavy atom. The number of anilines is 1. The lowest BCUT2D eigenvalue weighted by Crippen LogP contribution is -2.52. The highest BCUT2D eigenvalue weighted by Crippen LogP contribution is 2.32. The average molecular weight is 279 g/mol. The molecule has 0 N–H and O–H groups in total. The summed E-state index contributed by atoms with van der Waals surface area (Å²) in [6.45, 7) is 7.48. The van der Waals surface area contributed by atoms with E-state index >= 15 is 0 Å². The molecule has 1 atom stereocenters. The van der Waals surface area contributed by atoms with Crippen molar-refractivity contribution in [2.24, 2.45) is 0 Å². The minimum Gasteiger partial charge on any atom is -0.318 e. The molecule has 4 heteroatoms. The Morgan fingerprint density at radius 2 is 1.85 bits per heavy atom. The molecule has 0 radical (unpaired) electrons. The predicted octanol–water partition coefficient (Wildman–Crippen LogP) is 2.64. The minimum atomic E-state index is -0.239. The number of hydrogen-bond donors (Lipinski definition) is 0. The van der Waals surface area contributed by atoms with Crippen molar-refractivity contribution in [2.45, 2.75) is 33.2 Å². The first kappa shape index (κ1) is 15.0. The van der Waals surface area contributed by atoms with Crippen molar-refractivity contribution in [3.63, 3.8) is 0 Å². The lowest BCUT2D eigenvalue weighted by Gasteiger charge is -2.33. The zero-order chi connectivity index (χ0) is 15.1. The molecule has 1 aromatic rings. The molecular formula is C16H24FN2O+. The first-order valence-electron chi connectivity index (χ1n) is 7.18. The molecule has 3 nitrogen and oxygen atoms in total. The fourth-order valence-electron chi connectivity index (χ4n) is 3.08. The second-order valence-corrected chi connectivity index (χ2v) is 6.28. The van der Waals surface area contributed by atoms with Crippen LogP contribution in [0.2, 0.25) is 0 Å². The van der Waals surface area contributed by atoms with Gasteiger partial charge in [0.25, 0.3) is 5.91 Å². The summed E-state index contributed by atoms with van der Waals surface area (Å²) < 4.78 is 14.1. The third-order valence-electron chi connectivity index (χ3n) is 4.56. The number of benzene rings is 1. The maximum Gasteiger partial charge on any atom is 0.285 e. The van der Waals surface area contributed by atoms with Crippen LogP contribution in [0.5, 0.6) is 0 Å². The van der Waals surface area contributed by atoms with Crippen LogP contribution in [0.15, 0.2) is 12.1 Å². The van der Waals surface area contributed by atoms with Gasteiger partial charge in [0, 0.05) is 18.7 Å². The number of hydrogen-bond acceptors (Lipinski definition) is 1. The summed E-state index contributed by atoms with van der Waals surface area (Å²) in [6.07, 6.45) is 0.857. The number of carbonyl (C=O) groups is 1. The standard InChI is InChI=1S/C16H24FN2O/c1-6-19(4,5)14-7-8-18(16(14)20)15-11(2)9-13(17)10-12(15)3/h9-10,14H,6-8H2,1-5H3/q+1. The van der Waals surface area contributed by atoms with E-state index in [-0.39, 0.29) is 17.8 Å². The Bertz CT molecular complexity index is 516. The van der Waals surface area contributed by atoms with Crippen LogP contribution in [0.1, 0.15) is 24.5 Å². The fourth-order valence-corrected chi connectivity index (χ4v) is 3.08. The van der Waals surface area contributed by atoms with Crippen LogP contribution >= 0.6 is 0 Å². The van der Waals surface area contributed by atoms with Crippen LogP contribution in [-0.4, -0.2) is 43.6 Å². The van der Waals surface area contributed by atoms with E-state index in [0.717, 1.165) is 36.3 Å². The molecule has 0 saturated carbocycles. The highest BCUT2D eigenvalue weighted by atomic mass is 19.1. The Balaban J connectivity index is 2.36. The highest BCUT2D eigenvalue weighted by Gasteiger charge is 2.43. The van der Waals surface area contributed by atoms with Crippen molar-refractivity contribution in [3.8, 4) is 0 Å². The summed E-state index contributed by atoms with van der Waals surface area (Å²) in [4.78, 5) is 14.6. The van der Waals surface area contributed by atoms with Crippen molar-refractivity contribution < 1.29 is 13.7 Å². The van der Waals surface area contributed by atoms with Gasteiger partial charge >= 0.3 is 0 Å². The Hall–Kier alpha value is -1.42. The van der Waals surface area contributed by atoms with Gasteiger partial charge in [-0.3, -0.25) is 4.79 Å². The second kappa shape index (κ2) is 5.17. The number of aryl methyl sites for hydroxylation is 2. The molecule has 0 aromatic heterocycles. The van der Waals surface area contributed by atoms with Gasteiger partial charge in [-0.05, 0) is 44.0 Å². The number of likely N-dealkylation sites (N-methyl/N-ethyl adjacent to an activating group) is 1. The van der Waals surface area contributed by atoms with Crippen LogP contribution in [0.4, 0.5) is 10.1 Å². The number of rotatable bonds is 3. The van der Waals surface area contributed by atoms with Crippen LogP contribution < -0.4 is 4.90 Å². The van der Waals surface area contributed by atoms with Crippen molar-refractivity contribution >= 4 is 11.6 Å². The van der Waals surface area contributed by atoms with Gasteiger partial charge in [-0.25, -0.2) is 4.39 Å². The monoisotopic (exact) mass is 279 g/mol. The van der Waals surface area contributed by atoms with Crippen LogP contribution in [-0.2, 0) is 4.79 Å². The van der Waals surface area contributed by atoms with Gasteiger partial charge in [0.2, 0.25) is 0 Å². The summed E-state index contributed by atoms with van der Waals surface area (Å²) >= 11 is 0. The molecule has 20 heavy (non-hydrogen) atoms. The molecule has 2 rings (SSSR count). The molecule has 0 aliphatic carbocycles. The molecule has 1 fully saturated rings. The van der Waals surface area contributed by atoms with Crippen molar-refractivity contribution in [3.05, 3.63) is 29.1 Å². The Morgan fingerprint density at radius 1 is 1.30 bits per heavy atom. The summed E-state index contributed by atoms with van der Waals surface area (Å²) in [7, 11) is 4.19. The van der Waals surface area contributed by atoms with Gasteiger partial charge < -0.3 is 9.38 Å². The second-order valence-electron chi connectivity index (χ2n) is 6.28. The van der Waals surface area contributed by atoms with E-state index in [2.05, 4.69) is 21.0 Å². The molecule has 0 bridgehead atoms. The Kier molecular flexibility index (Phi) is 3.87. The summed E-state index contributed by atoms with van der Waals surface area (Å²) in [5.74, 6) is -0.0775. The van der Waals surface area contributed by atoms with E-state index in [1.54, 1.807) is 0 Å². The van der Waals surface area contributed by atoms with Crippen LogP contribution in [0.3, 0.4) is 0 Å². The molecule has 1 aromatic carbocycles. The van der Waals surface area contributed by atoms with E-state index < -0.39 is 0 Å². The van der Waals surface area contributed by atoms with E-state index in [4.69, 9.17) is 0 Å². The molecule has 1 heterocycles. The molecular weight excluding hydrogens is 255 g/mol. The van der Waals surface area contributed by atoms with Crippen molar-refractivity contribution in [2.75, 3.05) is 32.1 Å². The largest absolute Gasteiger partial charge is 0.318 e. The quantitative estimate of drug-likeness (QED) is 0.779. The molecule has 1 aliphatic heterocycles. The van der Waals surface area contributed by atoms with Gasteiger partial charge in [0.05, 0.1) is 20.6 Å². The van der Waals surface area contributed by atoms with Gasteiger partial charge in [0.1, 0.15) is 5.82 Å². The van der Waals surface area contributed by atoms with Crippen molar-refractivity contribution in [1.29, 1.82) is 0 Å². The maximum atomic E-state index is 13.4. The molecule has 110 valence electrons. The van der Waals surface area contributed by atoms with Gasteiger partial charge in [-0.15, -0.1) is 0 Å². The number of halogens is 1. The molecule has 0 spiro atoms. The lowest BCUT2D eigenvalue weighted by atomic mass is 10.1. The van der Waals surface area contributed by atoms with E-state index in [1.165, 1.54) is 12.1 Å². The third kappa shape index (κ3) is 2.44. The molecule has 1 aliphatic rings. The van der Waals surface area contributed by atoms with Gasteiger partial charge in [-0.1, -0.05) is 0 Å². The molecule has 1 saturated heterocycles. The summed E-state index contributed by atoms with van der Waals surface area (Å²) in [5, 5.41) is 0. The first-order valence-corrected chi connectivity index (χ1v) is 7.18. The number of nitrogens with zero attached hydrogens (tertiary/aromatic N) is 2. The normalized spacial score (nSPS) is 19.8. The maximum absolute atomic E-state index is 13.4. The topological polar surface area (TPSA) is 20.3 Å². The average Bonchev–Trinajstić information content (AvgIpc) is 2.71. The zero-order valence-corrected chi connectivity index (χ0v) is 13.0. The molecule has 1 unspecified atom stereocenters. The van der Waals surface area contributed by atoms with E-state index in [9.17, 15) is 9.18 Å². The number of carbonyl (C=O) groups excluding carboxylic acids is 1.